The van der Waals surface area contributed by atoms with Gasteiger partial charge >= 0.3 is 6.09 Å². The number of likely N-dealkylation sites (tertiary alicyclic amines) is 1. The number of halogens is 2. The van der Waals surface area contributed by atoms with Crippen LogP contribution in [0.1, 0.15) is 114 Å². The summed E-state index contributed by atoms with van der Waals surface area (Å²) in [5, 5.41) is 5.20. The van der Waals surface area contributed by atoms with Gasteiger partial charge in [0.25, 0.3) is 0 Å². The molecular formula is C45H50Cl2N4O2. The van der Waals surface area contributed by atoms with Gasteiger partial charge in [0, 0.05) is 47.4 Å². The minimum Gasteiger partial charge on any atom is -0.450 e. The van der Waals surface area contributed by atoms with Crippen LogP contribution in [-0.2, 0) is 17.6 Å². The third kappa shape index (κ3) is 7.97. The number of ether oxygens (including phenoxy) is 1. The van der Waals surface area contributed by atoms with Crippen LogP contribution < -0.4 is 5.32 Å². The van der Waals surface area contributed by atoms with Crippen molar-refractivity contribution >= 4 is 53.6 Å². The maximum Gasteiger partial charge on any atom is 0.409 e. The molecule has 8 heteroatoms. The average Bonchev–Trinajstić information content (AvgIpc) is 3.45. The van der Waals surface area contributed by atoms with E-state index in [1.165, 1.54) is 57.5 Å². The van der Waals surface area contributed by atoms with Crippen molar-refractivity contribution in [1.82, 2.24) is 20.2 Å². The second-order valence-corrected chi connectivity index (χ2v) is 15.4. The number of amides is 1. The number of pyridine rings is 2. The molecule has 1 N–H and O–H groups in total. The van der Waals surface area contributed by atoms with Crippen molar-refractivity contribution < 1.29 is 9.53 Å². The standard InChI is InChI=1S/C24H27ClN2O2.C21H23ClN2/c1-3-16-14-20-19(15-21(16)25)8-7-18-6-5-11-26-23(18)22(20)17-9-12-27(13-10-17)24(28)29-4-2;1-2-14-12-18-17(13-19(14)22)6-5-16-4-3-9-24-21(16)20(18)15-7-10-23-11-8-15/h5-8,11,14-15,17,22H,3-4,9-10,12-13H2,1-2H3;3-6,9,12-13,15,20,23H,2,7-8,10-11H2,1H3. The summed E-state index contributed by atoms with van der Waals surface area (Å²) in [6, 6.07) is 17.2. The van der Waals surface area contributed by atoms with Crippen molar-refractivity contribution in [3.63, 3.8) is 0 Å². The van der Waals surface area contributed by atoms with Gasteiger partial charge in [-0.3, -0.25) is 9.97 Å². The molecule has 4 aliphatic rings. The Bertz CT molecular complexity index is 1990. The lowest BCUT2D eigenvalue weighted by Crippen LogP contribution is -2.40. The number of aryl methyl sites for hydroxylation is 2. The largest absolute Gasteiger partial charge is 0.450 e. The lowest BCUT2D eigenvalue weighted by molar-refractivity contribution is 0.0900. The predicted molar refractivity (Wildman–Crippen MR) is 219 cm³/mol. The molecule has 4 aromatic rings. The van der Waals surface area contributed by atoms with E-state index in [4.69, 9.17) is 37.9 Å². The monoisotopic (exact) mass is 748 g/mol. The Morgan fingerprint density at radius 1 is 0.717 bits per heavy atom. The van der Waals surface area contributed by atoms with E-state index in [1.807, 2.05) is 36.4 Å². The number of benzene rings is 2. The van der Waals surface area contributed by atoms with Crippen molar-refractivity contribution in [2.45, 2.75) is 71.1 Å². The first-order valence-corrected chi connectivity index (χ1v) is 20.2. The number of piperidine rings is 2. The fourth-order valence-electron chi connectivity index (χ4n) is 8.75. The molecule has 0 bridgehead atoms. The van der Waals surface area contributed by atoms with Crippen molar-refractivity contribution in [2.24, 2.45) is 11.8 Å². The highest BCUT2D eigenvalue weighted by Crippen LogP contribution is 2.45. The zero-order valence-corrected chi connectivity index (χ0v) is 32.6. The van der Waals surface area contributed by atoms with Gasteiger partial charge in [-0.15, -0.1) is 0 Å². The molecule has 2 fully saturated rings. The minimum atomic E-state index is -0.201. The molecular weight excluding hydrogens is 699 g/mol. The Kier molecular flexibility index (Phi) is 12.0. The van der Waals surface area contributed by atoms with E-state index >= 15 is 0 Å². The molecule has 2 aliphatic heterocycles. The Hall–Kier alpha value is -3.97. The molecule has 6 nitrogen and oxygen atoms in total. The normalized spacial score (nSPS) is 19.5. The van der Waals surface area contributed by atoms with E-state index in [0.29, 0.717) is 24.4 Å². The van der Waals surface area contributed by atoms with Crippen LogP contribution in [0.25, 0.3) is 24.3 Å². The molecule has 53 heavy (non-hydrogen) atoms. The Labute approximate surface area is 324 Å². The number of carbonyl (C=O) groups excluding carboxylic acids is 1. The first-order chi connectivity index (χ1) is 25.9. The van der Waals surface area contributed by atoms with Crippen LogP contribution in [-0.4, -0.2) is 53.7 Å². The van der Waals surface area contributed by atoms with E-state index < -0.39 is 0 Å². The first kappa shape index (κ1) is 37.3. The van der Waals surface area contributed by atoms with Gasteiger partial charge in [-0.25, -0.2) is 4.79 Å². The third-order valence-electron chi connectivity index (χ3n) is 11.5. The van der Waals surface area contributed by atoms with E-state index in [-0.39, 0.29) is 12.0 Å². The quantitative estimate of drug-likeness (QED) is 0.220. The zero-order valence-electron chi connectivity index (χ0n) is 31.1. The summed E-state index contributed by atoms with van der Waals surface area (Å²) >= 11 is 13.0. The Balaban J connectivity index is 0.000000167. The Morgan fingerprint density at radius 3 is 1.66 bits per heavy atom. The maximum atomic E-state index is 12.1. The lowest BCUT2D eigenvalue weighted by atomic mass is 9.76. The highest BCUT2D eigenvalue weighted by atomic mass is 35.5. The van der Waals surface area contributed by atoms with Gasteiger partial charge in [0.1, 0.15) is 0 Å². The fourth-order valence-corrected chi connectivity index (χ4v) is 9.36. The molecule has 2 unspecified atom stereocenters. The number of hydrogen-bond donors (Lipinski definition) is 1. The number of fused-ring (bicyclic) bond motifs is 4. The van der Waals surface area contributed by atoms with Gasteiger partial charge in [-0.05, 0) is 139 Å². The van der Waals surface area contributed by atoms with Crippen LogP contribution in [0, 0.1) is 11.8 Å². The minimum absolute atomic E-state index is 0.197. The van der Waals surface area contributed by atoms with Crippen LogP contribution in [0.2, 0.25) is 10.0 Å². The number of carbonyl (C=O) groups is 1. The topological polar surface area (TPSA) is 67.3 Å². The van der Waals surface area contributed by atoms with Crippen LogP contribution in [0.15, 0.2) is 60.9 Å². The zero-order chi connectivity index (χ0) is 36.9. The molecule has 1 amide bonds. The molecule has 0 spiro atoms. The average molecular weight is 750 g/mol. The number of hydrogen-bond acceptors (Lipinski definition) is 5. The molecule has 276 valence electrons. The summed E-state index contributed by atoms with van der Waals surface area (Å²) in [7, 11) is 0. The van der Waals surface area contributed by atoms with E-state index in [9.17, 15) is 4.79 Å². The smallest absolute Gasteiger partial charge is 0.409 e. The van der Waals surface area contributed by atoms with Crippen LogP contribution in [0.3, 0.4) is 0 Å². The van der Waals surface area contributed by atoms with Crippen LogP contribution in [0.5, 0.6) is 0 Å². The second kappa shape index (κ2) is 17.0. The first-order valence-electron chi connectivity index (χ1n) is 19.4. The van der Waals surface area contributed by atoms with Crippen LogP contribution >= 0.6 is 23.2 Å². The molecule has 0 saturated carbocycles. The number of rotatable bonds is 5. The summed E-state index contributed by atoms with van der Waals surface area (Å²) < 4.78 is 5.19. The van der Waals surface area contributed by atoms with E-state index in [0.717, 1.165) is 73.2 Å². The molecule has 8 rings (SSSR count). The number of aromatic nitrogens is 2. The van der Waals surface area contributed by atoms with Gasteiger partial charge < -0.3 is 15.0 Å². The summed E-state index contributed by atoms with van der Waals surface area (Å²) in [6.45, 7) is 10.2. The molecule has 4 heterocycles. The van der Waals surface area contributed by atoms with Gasteiger partial charge in [-0.1, -0.05) is 85.6 Å². The van der Waals surface area contributed by atoms with Crippen molar-refractivity contribution in [3.05, 3.63) is 127 Å². The predicted octanol–water partition coefficient (Wildman–Crippen LogP) is 10.7. The lowest BCUT2D eigenvalue weighted by Gasteiger charge is -2.36. The molecule has 0 radical (unpaired) electrons. The molecule has 2 saturated heterocycles. The highest BCUT2D eigenvalue weighted by molar-refractivity contribution is 6.32. The fraction of sp³-hybridized carbons (Fsp3) is 0.400. The second-order valence-electron chi connectivity index (χ2n) is 14.5. The van der Waals surface area contributed by atoms with Crippen molar-refractivity contribution in [2.75, 3.05) is 32.8 Å². The van der Waals surface area contributed by atoms with Gasteiger partial charge in [0.05, 0.1) is 18.0 Å². The van der Waals surface area contributed by atoms with Crippen molar-refractivity contribution in [1.29, 1.82) is 0 Å². The number of nitrogens with one attached hydrogen (secondary N) is 1. The summed E-state index contributed by atoms with van der Waals surface area (Å²) in [6.07, 6.45) is 18.5. The highest BCUT2D eigenvalue weighted by Gasteiger charge is 2.35. The molecule has 2 aromatic heterocycles. The van der Waals surface area contributed by atoms with E-state index in [2.05, 4.69) is 79.9 Å². The maximum absolute atomic E-state index is 12.1. The summed E-state index contributed by atoms with van der Waals surface area (Å²) in [5.74, 6) is 1.60. The Morgan fingerprint density at radius 2 is 1.19 bits per heavy atom. The van der Waals surface area contributed by atoms with Gasteiger partial charge in [-0.2, -0.15) is 0 Å². The van der Waals surface area contributed by atoms with Crippen LogP contribution in [0.4, 0.5) is 4.79 Å². The van der Waals surface area contributed by atoms with Gasteiger partial charge in [0.15, 0.2) is 0 Å². The number of nitrogens with zero attached hydrogens (tertiary/aromatic N) is 3. The van der Waals surface area contributed by atoms with Gasteiger partial charge in [0.2, 0.25) is 0 Å². The van der Waals surface area contributed by atoms with E-state index in [1.54, 1.807) is 0 Å². The molecule has 2 aromatic carbocycles. The third-order valence-corrected chi connectivity index (χ3v) is 12.2. The van der Waals surface area contributed by atoms with Crippen molar-refractivity contribution in [3.8, 4) is 0 Å². The summed E-state index contributed by atoms with van der Waals surface area (Å²) in [5.41, 5.74) is 12.3. The molecule has 2 atom stereocenters. The summed E-state index contributed by atoms with van der Waals surface area (Å²) in [4.78, 5) is 23.6. The SMILES string of the molecule is CCOC(=O)N1CCC(C2c3cc(CC)c(Cl)cc3C=Cc3cccnc32)CC1.CCc1cc2c(cc1Cl)C=Cc1cccnc1C2C1CCNCC1. The molecule has 2 aliphatic carbocycles.